The summed E-state index contributed by atoms with van der Waals surface area (Å²) in [6.45, 7) is 3.07. The fraction of sp³-hybridized carbons (Fsp3) is 0.500. The van der Waals surface area contributed by atoms with E-state index in [-0.39, 0.29) is 0 Å². The Balaban J connectivity index is 2.16. The van der Waals surface area contributed by atoms with E-state index in [4.69, 9.17) is 0 Å². The Morgan fingerprint density at radius 3 is 2.35 bits per heavy atom. The molecule has 3 nitrogen and oxygen atoms in total. The molecule has 0 N–H and O–H groups in total. The summed E-state index contributed by atoms with van der Waals surface area (Å²) in [6.07, 6.45) is -4.37. The molecule has 1 saturated heterocycles. The van der Waals surface area contributed by atoms with E-state index in [1.54, 1.807) is 6.07 Å². The number of nitrogens with zero attached hydrogens (tertiary/aromatic N) is 3. The second-order valence-electron chi connectivity index (χ2n) is 3.78. The summed E-state index contributed by atoms with van der Waals surface area (Å²) in [5, 5.41) is 0. The minimum Gasteiger partial charge on any atom is -0.354 e. The van der Waals surface area contributed by atoms with Crippen LogP contribution in [0.5, 0.6) is 0 Å². The van der Waals surface area contributed by atoms with Gasteiger partial charge in [0.05, 0.1) is 0 Å². The van der Waals surface area contributed by atoms with Crippen molar-refractivity contribution >= 4 is 28.7 Å². The Hall–Kier alpha value is -0.570. The molecule has 0 aliphatic carbocycles. The number of alkyl halides is 3. The minimum atomic E-state index is -4.37. The molecule has 0 bridgehead atoms. The van der Waals surface area contributed by atoms with E-state index in [1.807, 2.05) is 4.90 Å². The molecule has 1 fully saturated rings. The third-order valence-corrected chi connectivity index (χ3v) is 3.54. The molecular formula is C10H11F3IN3. The summed E-state index contributed by atoms with van der Waals surface area (Å²) < 4.78 is 39.6. The molecule has 0 radical (unpaired) electrons. The molecular weight excluding hydrogens is 346 g/mol. The Labute approximate surface area is 111 Å². The van der Waals surface area contributed by atoms with Gasteiger partial charge in [-0.3, -0.25) is 0 Å². The number of rotatable bonds is 1. The van der Waals surface area contributed by atoms with Gasteiger partial charge in [0.1, 0.15) is 11.5 Å². The lowest BCUT2D eigenvalue weighted by Crippen LogP contribution is -2.42. The highest BCUT2D eigenvalue weighted by Gasteiger charge is 2.33. The minimum absolute atomic E-state index is 0.407. The van der Waals surface area contributed by atoms with Crippen LogP contribution in [0.1, 0.15) is 5.69 Å². The second kappa shape index (κ2) is 4.97. The van der Waals surface area contributed by atoms with Crippen LogP contribution in [-0.2, 0) is 6.18 Å². The van der Waals surface area contributed by atoms with Crippen LogP contribution in [0.25, 0.3) is 0 Å². The molecule has 0 aromatic carbocycles. The van der Waals surface area contributed by atoms with E-state index < -0.39 is 11.9 Å². The van der Waals surface area contributed by atoms with Crippen molar-refractivity contribution in [3.8, 4) is 0 Å². The molecule has 1 aromatic rings. The Kier molecular flexibility index (Phi) is 3.76. The van der Waals surface area contributed by atoms with E-state index >= 15 is 0 Å². The van der Waals surface area contributed by atoms with Crippen molar-refractivity contribution in [2.45, 2.75) is 6.18 Å². The van der Waals surface area contributed by atoms with Crippen molar-refractivity contribution in [1.29, 1.82) is 0 Å². The zero-order valence-corrected chi connectivity index (χ0v) is 11.1. The molecule has 0 unspecified atom stereocenters. The maximum absolute atomic E-state index is 12.5. The number of hydrogen-bond acceptors (Lipinski definition) is 3. The predicted molar refractivity (Wildman–Crippen MR) is 67.0 cm³/mol. The number of pyridine rings is 1. The van der Waals surface area contributed by atoms with Crippen LogP contribution in [0.3, 0.4) is 0 Å². The van der Waals surface area contributed by atoms with E-state index in [0.29, 0.717) is 18.9 Å². The average Bonchev–Trinajstić information content (AvgIpc) is 2.29. The first-order valence-electron chi connectivity index (χ1n) is 5.17. The summed E-state index contributed by atoms with van der Waals surface area (Å²) >= 11 is 2.21. The quantitative estimate of drug-likeness (QED) is 0.569. The molecule has 0 atom stereocenters. The van der Waals surface area contributed by atoms with Gasteiger partial charge in [-0.1, -0.05) is 6.07 Å². The number of piperazine rings is 1. The number of hydrogen-bond donors (Lipinski definition) is 0. The average molecular weight is 357 g/mol. The standard InChI is InChI=1S/C10H11F3IN3/c11-10(12,13)8-2-1-3-9(15-8)16-4-6-17(14)7-5-16/h1-3H,4-7H2. The van der Waals surface area contributed by atoms with Gasteiger partial charge in [0.25, 0.3) is 0 Å². The summed E-state index contributed by atoms with van der Waals surface area (Å²) in [6, 6.07) is 4.03. The smallest absolute Gasteiger partial charge is 0.354 e. The van der Waals surface area contributed by atoms with Crippen molar-refractivity contribution in [1.82, 2.24) is 8.10 Å². The van der Waals surface area contributed by atoms with Gasteiger partial charge < -0.3 is 4.90 Å². The molecule has 0 spiro atoms. The second-order valence-corrected chi connectivity index (χ2v) is 5.14. The normalized spacial score (nSPS) is 18.5. The van der Waals surface area contributed by atoms with Crippen LogP contribution in [-0.4, -0.2) is 34.3 Å². The number of aromatic nitrogens is 1. The first-order valence-corrected chi connectivity index (χ1v) is 6.13. The van der Waals surface area contributed by atoms with Gasteiger partial charge in [0.15, 0.2) is 0 Å². The van der Waals surface area contributed by atoms with Gasteiger partial charge in [-0.25, -0.2) is 8.10 Å². The molecule has 1 aliphatic rings. The van der Waals surface area contributed by atoms with Gasteiger partial charge in [0, 0.05) is 49.0 Å². The third kappa shape index (κ3) is 3.21. The highest BCUT2D eigenvalue weighted by Crippen LogP contribution is 2.29. The molecule has 7 heteroatoms. The van der Waals surface area contributed by atoms with Crippen LogP contribution >= 0.6 is 22.9 Å². The van der Waals surface area contributed by atoms with Crippen LogP contribution in [0.4, 0.5) is 19.0 Å². The fourth-order valence-corrected chi connectivity index (χ4v) is 2.10. The lowest BCUT2D eigenvalue weighted by molar-refractivity contribution is -0.141. The maximum Gasteiger partial charge on any atom is 0.433 e. The summed E-state index contributed by atoms with van der Waals surface area (Å²) in [5.74, 6) is 0.407. The first kappa shape index (κ1) is 12.9. The molecule has 2 rings (SSSR count). The van der Waals surface area contributed by atoms with Crippen molar-refractivity contribution < 1.29 is 13.2 Å². The van der Waals surface area contributed by atoms with Gasteiger partial charge in [-0.05, 0) is 12.1 Å². The Morgan fingerprint density at radius 1 is 1.12 bits per heavy atom. The molecule has 94 valence electrons. The Morgan fingerprint density at radius 2 is 1.76 bits per heavy atom. The number of anilines is 1. The van der Waals surface area contributed by atoms with Crippen LogP contribution in [0, 0.1) is 0 Å². The zero-order valence-electron chi connectivity index (χ0n) is 8.91. The first-order chi connectivity index (χ1) is 7.97. The molecule has 1 aromatic heterocycles. The van der Waals surface area contributed by atoms with Gasteiger partial charge in [-0.15, -0.1) is 0 Å². The van der Waals surface area contributed by atoms with Crippen molar-refractivity contribution in [2.75, 3.05) is 31.1 Å². The SMILES string of the molecule is FC(F)(F)c1cccc(N2CCN(I)CC2)n1. The van der Waals surface area contributed by atoms with E-state index in [0.717, 1.165) is 19.2 Å². The van der Waals surface area contributed by atoms with Crippen molar-refractivity contribution in [3.05, 3.63) is 23.9 Å². The topological polar surface area (TPSA) is 19.4 Å². The van der Waals surface area contributed by atoms with Crippen LogP contribution in [0.2, 0.25) is 0 Å². The lowest BCUT2D eigenvalue weighted by Gasteiger charge is -2.32. The molecule has 0 saturated carbocycles. The Bertz CT molecular complexity index is 389. The largest absolute Gasteiger partial charge is 0.433 e. The third-order valence-electron chi connectivity index (χ3n) is 2.57. The summed E-state index contributed by atoms with van der Waals surface area (Å²) in [7, 11) is 0. The lowest BCUT2D eigenvalue weighted by atomic mass is 10.3. The van der Waals surface area contributed by atoms with Crippen molar-refractivity contribution in [2.24, 2.45) is 0 Å². The van der Waals surface area contributed by atoms with Crippen molar-refractivity contribution in [3.63, 3.8) is 0 Å². The van der Waals surface area contributed by atoms with E-state index in [1.165, 1.54) is 6.07 Å². The fourth-order valence-electron chi connectivity index (χ4n) is 1.67. The summed E-state index contributed by atoms with van der Waals surface area (Å²) in [4.78, 5) is 5.55. The maximum atomic E-state index is 12.5. The van der Waals surface area contributed by atoms with E-state index in [9.17, 15) is 13.2 Å². The number of halogens is 4. The van der Waals surface area contributed by atoms with Crippen LogP contribution in [0.15, 0.2) is 18.2 Å². The van der Waals surface area contributed by atoms with Gasteiger partial charge in [-0.2, -0.15) is 13.2 Å². The molecule has 1 aliphatic heterocycles. The van der Waals surface area contributed by atoms with Gasteiger partial charge in [0.2, 0.25) is 0 Å². The monoisotopic (exact) mass is 357 g/mol. The van der Waals surface area contributed by atoms with Crippen LogP contribution < -0.4 is 4.90 Å². The predicted octanol–water partition coefficient (Wildman–Crippen LogP) is 2.57. The van der Waals surface area contributed by atoms with E-state index in [2.05, 4.69) is 31.0 Å². The summed E-state index contributed by atoms with van der Waals surface area (Å²) in [5.41, 5.74) is -0.827. The molecule has 2 heterocycles. The molecule has 0 amide bonds. The highest BCUT2D eigenvalue weighted by molar-refractivity contribution is 14.1. The molecule has 17 heavy (non-hydrogen) atoms. The zero-order chi connectivity index (χ0) is 12.5. The van der Waals surface area contributed by atoms with Gasteiger partial charge >= 0.3 is 6.18 Å². The highest BCUT2D eigenvalue weighted by atomic mass is 127.